The minimum absolute atomic E-state index is 0.561. The van der Waals surface area contributed by atoms with Gasteiger partial charge in [0.1, 0.15) is 5.82 Å². The second kappa shape index (κ2) is 8.02. The van der Waals surface area contributed by atoms with Gasteiger partial charge < -0.3 is 9.30 Å². The fourth-order valence-corrected chi connectivity index (χ4v) is 2.58. The summed E-state index contributed by atoms with van der Waals surface area (Å²) in [6.45, 7) is 6.66. The number of hydrogen-bond acceptors (Lipinski definition) is 2. The number of nitrogens with zero attached hydrogens (tertiary/aromatic N) is 2. The van der Waals surface area contributed by atoms with Crippen molar-refractivity contribution in [2.24, 2.45) is 5.92 Å². The third-order valence-electron chi connectivity index (χ3n) is 3.41. The van der Waals surface area contributed by atoms with Crippen LogP contribution in [0.25, 0.3) is 11.0 Å². The number of aromatic nitrogens is 2. The zero-order valence-corrected chi connectivity index (χ0v) is 14.1. The Morgan fingerprint density at radius 1 is 1.29 bits per heavy atom. The molecule has 0 amide bonds. The number of benzene rings is 1. The van der Waals surface area contributed by atoms with E-state index in [0.29, 0.717) is 18.4 Å². The molecule has 0 fully saturated rings. The highest BCUT2D eigenvalue weighted by Crippen LogP contribution is 2.21. The molecule has 0 unspecified atom stereocenters. The van der Waals surface area contributed by atoms with Crippen LogP contribution < -0.4 is 0 Å². The Hall–Kier alpha value is -0.770. The van der Waals surface area contributed by atoms with Gasteiger partial charge in [0.15, 0.2) is 0 Å². The van der Waals surface area contributed by atoms with Crippen LogP contribution in [0.3, 0.4) is 0 Å². The molecule has 5 heteroatoms. The summed E-state index contributed by atoms with van der Waals surface area (Å²) in [5, 5.41) is 0.724. The van der Waals surface area contributed by atoms with Gasteiger partial charge in [-0.1, -0.05) is 25.4 Å². The maximum absolute atomic E-state index is 6.10. The topological polar surface area (TPSA) is 27.1 Å². The van der Waals surface area contributed by atoms with E-state index in [2.05, 4.69) is 23.4 Å². The standard InChI is InChI=1S/C16H22Cl2N2O/c1-12(2)6-9-21-10-8-20-15-11-13(18)3-4-14(15)19-16(20)5-7-17/h3-4,11-12H,5-10H2,1-2H3. The van der Waals surface area contributed by atoms with E-state index in [4.69, 9.17) is 27.9 Å². The molecule has 0 aliphatic rings. The van der Waals surface area contributed by atoms with Crippen LogP contribution in [0.2, 0.25) is 5.02 Å². The number of aryl methyl sites for hydroxylation is 1. The van der Waals surface area contributed by atoms with Crippen LogP contribution in [-0.4, -0.2) is 28.6 Å². The first-order valence-electron chi connectivity index (χ1n) is 7.40. The van der Waals surface area contributed by atoms with Gasteiger partial charge in [-0.25, -0.2) is 4.98 Å². The SMILES string of the molecule is CC(C)CCOCCn1c(CCCl)nc2ccc(Cl)cc21. The second-order valence-electron chi connectivity index (χ2n) is 5.55. The quantitative estimate of drug-likeness (QED) is 0.525. The lowest BCUT2D eigenvalue weighted by Gasteiger charge is -2.10. The van der Waals surface area contributed by atoms with Crippen molar-refractivity contribution in [3.8, 4) is 0 Å². The highest BCUT2D eigenvalue weighted by Gasteiger charge is 2.10. The molecule has 0 radical (unpaired) electrons. The van der Waals surface area contributed by atoms with E-state index in [-0.39, 0.29) is 0 Å². The minimum Gasteiger partial charge on any atom is -0.380 e. The van der Waals surface area contributed by atoms with E-state index in [1.54, 1.807) is 0 Å². The zero-order chi connectivity index (χ0) is 15.2. The summed E-state index contributed by atoms with van der Waals surface area (Å²) in [4.78, 5) is 4.63. The van der Waals surface area contributed by atoms with Gasteiger partial charge in [0.25, 0.3) is 0 Å². The summed E-state index contributed by atoms with van der Waals surface area (Å²) in [6, 6.07) is 5.77. The normalized spacial score (nSPS) is 11.7. The van der Waals surface area contributed by atoms with E-state index < -0.39 is 0 Å². The van der Waals surface area contributed by atoms with Crippen molar-refractivity contribution in [2.75, 3.05) is 19.1 Å². The molecule has 2 rings (SSSR count). The van der Waals surface area contributed by atoms with Gasteiger partial charge in [-0.2, -0.15) is 0 Å². The molecule has 116 valence electrons. The Morgan fingerprint density at radius 2 is 2.10 bits per heavy atom. The summed E-state index contributed by atoms with van der Waals surface area (Å²) in [5.41, 5.74) is 2.01. The van der Waals surface area contributed by atoms with Crippen LogP contribution in [0, 0.1) is 5.92 Å². The van der Waals surface area contributed by atoms with Crippen molar-refractivity contribution in [2.45, 2.75) is 33.2 Å². The number of imidazole rings is 1. The monoisotopic (exact) mass is 328 g/mol. The van der Waals surface area contributed by atoms with E-state index in [9.17, 15) is 0 Å². The van der Waals surface area contributed by atoms with Crippen LogP contribution >= 0.6 is 23.2 Å². The van der Waals surface area contributed by atoms with Gasteiger partial charge in [-0.3, -0.25) is 0 Å². The van der Waals surface area contributed by atoms with Gasteiger partial charge in [-0.15, -0.1) is 11.6 Å². The zero-order valence-electron chi connectivity index (χ0n) is 12.6. The lowest BCUT2D eigenvalue weighted by molar-refractivity contribution is 0.116. The van der Waals surface area contributed by atoms with Crippen molar-refractivity contribution < 1.29 is 4.74 Å². The smallest absolute Gasteiger partial charge is 0.111 e. The summed E-state index contributed by atoms with van der Waals surface area (Å²) >= 11 is 12.0. The molecule has 21 heavy (non-hydrogen) atoms. The maximum atomic E-state index is 6.10. The molecule has 3 nitrogen and oxygen atoms in total. The fraction of sp³-hybridized carbons (Fsp3) is 0.562. The van der Waals surface area contributed by atoms with Gasteiger partial charge in [0.2, 0.25) is 0 Å². The van der Waals surface area contributed by atoms with Crippen molar-refractivity contribution in [1.82, 2.24) is 9.55 Å². The first-order chi connectivity index (χ1) is 10.1. The van der Waals surface area contributed by atoms with Gasteiger partial charge in [0.05, 0.1) is 17.6 Å². The molecule has 1 heterocycles. The molecule has 2 aromatic rings. The van der Waals surface area contributed by atoms with Gasteiger partial charge in [0, 0.05) is 30.5 Å². The van der Waals surface area contributed by atoms with Crippen LogP contribution in [0.4, 0.5) is 0 Å². The largest absolute Gasteiger partial charge is 0.380 e. The molecule has 0 saturated heterocycles. The maximum Gasteiger partial charge on any atom is 0.111 e. The molecule has 0 aliphatic carbocycles. The van der Waals surface area contributed by atoms with Gasteiger partial charge in [-0.05, 0) is 30.5 Å². The third kappa shape index (κ3) is 4.60. The van der Waals surface area contributed by atoms with Crippen LogP contribution in [0.5, 0.6) is 0 Å². The van der Waals surface area contributed by atoms with E-state index >= 15 is 0 Å². The van der Waals surface area contributed by atoms with Crippen LogP contribution in [0.15, 0.2) is 18.2 Å². The average Bonchev–Trinajstić information content (AvgIpc) is 2.76. The molecule has 0 bridgehead atoms. The molecule has 1 aromatic heterocycles. The predicted molar refractivity (Wildman–Crippen MR) is 89.4 cm³/mol. The van der Waals surface area contributed by atoms with Crippen molar-refractivity contribution in [3.63, 3.8) is 0 Å². The van der Waals surface area contributed by atoms with E-state index in [0.717, 1.165) is 47.9 Å². The molecule has 0 aliphatic heterocycles. The number of halogens is 2. The molecular formula is C16H22Cl2N2O. The first-order valence-corrected chi connectivity index (χ1v) is 8.31. The van der Waals surface area contributed by atoms with Crippen LogP contribution in [0.1, 0.15) is 26.1 Å². The Bertz CT molecular complexity index is 581. The van der Waals surface area contributed by atoms with Crippen LogP contribution in [-0.2, 0) is 17.7 Å². The number of alkyl halides is 1. The summed E-state index contributed by atoms with van der Waals surface area (Å²) in [5.74, 6) is 2.23. The van der Waals surface area contributed by atoms with Gasteiger partial charge >= 0.3 is 0 Å². The van der Waals surface area contributed by atoms with Crippen molar-refractivity contribution in [3.05, 3.63) is 29.0 Å². The van der Waals surface area contributed by atoms with E-state index in [1.165, 1.54) is 0 Å². The van der Waals surface area contributed by atoms with Crippen molar-refractivity contribution >= 4 is 34.2 Å². The molecule has 0 N–H and O–H groups in total. The van der Waals surface area contributed by atoms with E-state index in [1.807, 2.05) is 18.2 Å². The lowest BCUT2D eigenvalue weighted by Crippen LogP contribution is -2.11. The summed E-state index contributed by atoms with van der Waals surface area (Å²) < 4.78 is 7.88. The molecular weight excluding hydrogens is 307 g/mol. The van der Waals surface area contributed by atoms with Crippen molar-refractivity contribution in [1.29, 1.82) is 0 Å². The number of fused-ring (bicyclic) bond motifs is 1. The Labute approximate surface area is 136 Å². The second-order valence-corrected chi connectivity index (χ2v) is 6.36. The molecule has 0 saturated carbocycles. The Morgan fingerprint density at radius 3 is 2.81 bits per heavy atom. The average molecular weight is 329 g/mol. The fourth-order valence-electron chi connectivity index (χ4n) is 2.25. The first kappa shape index (κ1) is 16.6. The number of ether oxygens (including phenoxy) is 1. The summed E-state index contributed by atoms with van der Waals surface area (Å²) in [7, 11) is 0. The predicted octanol–water partition coefficient (Wildman–Crippen LogP) is 4.53. The Balaban J connectivity index is 2.08. The Kier molecular flexibility index (Phi) is 6.34. The molecule has 1 aromatic carbocycles. The molecule has 0 spiro atoms. The molecule has 0 atom stereocenters. The summed E-state index contributed by atoms with van der Waals surface area (Å²) in [6.07, 6.45) is 1.84. The highest BCUT2D eigenvalue weighted by atomic mass is 35.5. The lowest BCUT2D eigenvalue weighted by atomic mass is 10.1. The highest BCUT2D eigenvalue weighted by molar-refractivity contribution is 6.31. The number of rotatable bonds is 8. The third-order valence-corrected chi connectivity index (χ3v) is 3.83. The minimum atomic E-state index is 0.561. The number of hydrogen-bond donors (Lipinski definition) is 0.